The largest absolute Gasteiger partial charge is 0.381 e. The van der Waals surface area contributed by atoms with Crippen LogP contribution in [0.1, 0.15) is 59.3 Å². The summed E-state index contributed by atoms with van der Waals surface area (Å²) in [6, 6.07) is 0. The molecule has 2 bridgehead atoms. The van der Waals surface area contributed by atoms with E-state index in [2.05, 4.69) is 20.8 Å². The fourth-order valence-electron chi connectivity index (χ4n) is 4.34. The first kappa shape index (κ1) is 12.4. The normalized spacial score (nSPS) is 40.5. The van der Waals surface area contributed by atoms with Crippen LogP contribution in [0.2, 0.25) is 0 Å². The minimum absolute atomic E-state index is 0.616. The molecule has 1 aliphatic carbocycles. The molecule has 1 aliphatic heterocycles. The van der Waals surface area contributed by atoms with Crippen molar-refractivity contribution < 1.29 is 4.74 Å². The quantitative estimate of drug-likeness (QED) is 0.681. The zero-order chi connectivity index (χ0) is 11.6. The van der Waals surface area contributed by atoms with Crippen molar-refractivity contribution in [1.29, 1.82) is 0 Å². The van der Waals surface area contributed by atoms with Gasteiger partial charge in [-0.05, 0) is 55.3 Å². The van der Waals surface area contributed by atoms with Crippen LogP contribution in [0.3, 0.4) is 0 Å². The lowest BCUT2D eigenvalue weighted by molar-refractivity contribution is -0.0167. The molecule has 1 heteroatoms. The van der Waals surface area contributed by atoms with E-state index in [0.717, 1.165) is 31.0 Å². The molecule has 2 fully saturated rings. The van der Waals surface area contributed by atoms with Crippen LogP contribution < -0.4 is 0 Å². The van der Waals surface area contributed by atoms with Gasteiger partial charge in [-0.15, -0.1) is 0 Å². The molecule has 94 valence electrons. The highest BCUT2D eigenvalue weighted by molar-refractivity contribution is 4.93. The lowest BCUT2D eigenvalue weighted by Crippen LogP contribution is -2.38. The van der Waals surface area contributed by atoms with E-state index in [1.54, 1.807) is 0 Å². The fourth-order valence-corrected chi connectivity index (χ4v) is 4.34. The molecule has 3 atom stereocenters. The van der Waals surface area contributed by atoms with Crippen LogP contribution in [0.5, 0.6) is 0 Å². The van der Waals surface area contributed by atoms with Crippen LogP contribution >= 0.6 is 0 Å². The smallest absolute Gasteiger partial charge is 0.0494 e. The summed E-state index contributed by atoms with van der Waals surface area (Å²) in [6.07, 6.45) is 8.39. The summed E-state index contributed by atoms with van der Waals surface area (Å²) < 4.78 is 5.81. The number of rotatable bonds is 2. The summed E-state index contributed by atoms with van der Waals surface area (Å²) in [7, 11) is 0. The first-order chi connectivity index (χ1) is 7.69. The SMILES string of the molecule is CC[C@]1(C(C)C)CC2CCCC1CCOC2. The molecule has 16 heavy (non-hydrogen) atoms. The Morgan fingerprint density at radius 2 is 2.06 bits per heavy atom. The van der Waals surface area contributed by atoms with Crippen molar-refractivity contribution in [3.63, 3.8) is 0 Å². The van der Waals surface area contributed by atoms with Gasteiger partial charge in [-0.2, -0.15) is 0 Å². The molecule has 0 aromatic heterocycles. The van der Waals surface area contributed by atoms with E-state index in [4.69, 9.17) is 4.74 Å². The van der Waals surface area contributed by atoms with Gasteiger partial charge in [0, 0.05) is 13.2 Å². The molecule has 2 unspecified atom stereocenters. The van der Waals surface area contributed by atoms with Gasteiger partial charge in [0.15, 0.2) is 0 Å². The molecule has 0 aromatic rings. The fraction of sp³-hybridized carbons (Fsp3) is 1.00. The van der Waals surface area contributed by atoms with Crippen molar-refractivity contribution in [2.45, 2.75) is 59.3 Å². The Balaban J connectivity index is 2.26. The van der Waals surface area contributed by atoms with Crippen molar-refractivity contribution in [2.24, 2.45) is 23.2 Å². The van der Waals surface area contributed by atoms with Crippen LogP contribution in [-0.4, -0.2) is 13.2 Å². The third kappa shape index (κ3) is 2.16. The van der Waals surface area contributed by atoms with Crippen LogP contribution in [0.25, 0.3) is 0 Å². The van der Waals surface area contributed by atoms with E-state index in [0.29, 0.717) is 5.41 Å². The maximum absolute atomic E-state index is 5.81. The van der Waals surface area contributed by atoms with Crippen LogP contribution in [0.4, 0.5) is 0 Å². The van der Waals surface area contributed by atoms with Gasteiger partial charge in [-0.3, -0.25) is 0 Å². The third-order valence-electron chi connectivity index (χ3n) is 5.42. The van der Waals surface area contributed by atoms with Gasteiger partial charge in [-0.25, -0.2) is 0 Å². The Morgan fingerprint density at radius 1 is 1.25 bits per heavy atom. The van der Waals surface area contributed by atoms with E-state index in [1.807, 2.05) is 0 Å². The van der Waals surface area contributed by atoms with Crippen molar-refractivity contribution in [3.05, 3.63) is 0 Å². The number of fused-ring (bicyclic) bond motifs is 3. The van der Waals surface area contributed by atoms with Crippen molar-refractivity contribution in [1.82, 2.24) is 0 Å². The van der Waals surface area contributed by atoms with Gasteiger partial charge in [0.25, 0.3) is 0 Å². The second-order valence-electron chi connectivity index (χ2n) is 6.30. The summed E-state index contributed by atoms with van der Waals surface area (Å²) in [4.78, 5) is 0. The second-order valence-corrected chi connectivity index (χ2v) is 6.30. The van der Waals surface area contributed by atoms with Crippen molar-refractivity contribution in [3.8, 4) is 0 Å². The first-order valence-electron chi connectivity index (χ1n) is 7.26. The van der Waals surface area contributed by atoms with Crippen LogP contribution in [-0.2, 0) is 4.74 Å². The highest BCUT2D eigenvalue weighted by Gasteiger charge is 2.43. The van der Waals surface area contributed by atoms with Crippen molar-refractivity contribution >= 4 is 0 Å². The monoisotopic (exact) mass is 224 g/mol. The van der Waals surface area contributed by atoms with E-state index in [-0.39, 0.29) is 0 Å². The standard InChI is InChI=1S/C15H28O/c1-4-15(12(2)3)10-13-6-5-7-14(15)8-9-16-11-13/h12-14H,4-11H2,1-3H3/t13?,14?,15-/m1/s1. The van der Waals surface area contributed by atoms with Gasteiger partial charge in [0.1, 0.15) is 0 Å². The summed E-state index contributed by atoms with van der Waals surface area (Å²) in [5.74, 6) is 2.59. The minimum Gasteiger partial charge on any atom is -0.381 e. The average molecular weight is 224 g/mol. The Kier molecular flexibility index (Phi) is 3.94. The molecule has 1 saturated heterocycles. The zero-order valence-electron chi connectivity index (χ0n) is 11.3. The highest BCUT2D eigenvalue weighted by atomic mass is 16.5. The van der Waals surface area contributed by atoms with Gasteiger partial charge >= 0.3 is 0 Å². The molecule has 0 N–H and O–H groups in total. The Labute approximate surface area is 101 Å². The average Bonchev–Trinajstić information content (AvgIpc) is 2.32. The van der Waals surface area contributed by atoms with E-state index in [1.165, 1.54) is 38.5 Å². The van der Waals surface area contributed by atoms with Gasteiger partial charge in [-0.1, -0.05) is 27.2 Å². The summed E-state index contributed by atoms with van der Waals surface area (Å²) in [5, 5.41) is 0. The van der Waals surface area contributed by atoms with Crippen molar-refractivity contribution in [2.75, 3.05) is 13.2 Å². The zero-order valence-corrected chi connectivity index (χ0v) is 11.3. The first-order valence-corrected chi connectivity index (χ1v) is 7.26. The number of hydrogen-bond donors (Lipinski definition) is 0. The molecule has 1 saturated carbocycles. The van der Waals surface area contributed by atoms with Crippen LogP contribution in [0.15, 0.2) is 0 Å². The molecular weight excluding hydrogens is 196 g/mol. The summed E-state index contributed by atoms with van der Waals surface area (Å²) >= 11 is 0. The molecule has 0 aromatic carbocycles. The second kappa shape index (κ2) is 5.08. The third-order valence-corrected chi connectivity index (χ3v) is 5.42. The van der Waals surface area contributed by atoms with Gasteiger partial charge in [0.05, 0.1) is 0 Å². The van der Waals surface area contributed by atoms with E-state index < -0.39 is 0 Å². The molecule has 1 heterocycles. The maximum Gasteiger partial charge on any atom is 0.0494 e. The summed E-state index contributed by atoms with van der Waals surface area (Å²) in [6.45, 7) is 9.34. The lowest BCUT2D eigenvalue weighted by Gasteiger charge is -2.45. The predicted molar refractivity (Wildman–Crippen MR) is 68.4 cm³/mol. The van der Waals surface area contributed by atoms with E-state index >= 15 is 0 Å². The molecule has 1 nitrogen and oxygen atoms in total. The Hall–Kier alpha value is -0.0400. The molecular formula is C15H28O. The molecule has 0 spiro atoms. The number of ether oxygens (including phenoxy) is 1. The topological polar surface area (TPSA) is 9.23 Å². The number of hydrogen-bond acceptors (Lipinski definition) is 1. The lowest BCUT2D eigenvalue weighted by atomic mass is 9.61. The molecule has 0 amide bonds. The molecule has 0 radical (unpaired) electrons. The minimum atomic E-state index is 0.616. The maximum atomic E-state index is 5.81. The Bertz CT molecular complexity index is 219. The Morgan fingerprint density at radius 3 is 2.75 bits per heavy atom. The predicted octanol–water partition coefficient (Wildman–Crippen LogP) is 4.27. The molecule has 2 aliphatic rings. The van der Waals surface area contributed by atoms with Gasteiger partial charge in [0.2, 0.25) is 0 Å². The van der Waals surface area contributed by atoms with E-state index in [9.17, 15) is 0 Å². The highest BCUT2D eigenvalue weighted by Crippen LogP contribution is 2.51. The molecule has 2 rings (SSSR count). The summed E-state index contributed by atoms with van der Waals surface area (Å²) in [5.41, 5.74) is 0.616. The van der Waals surface area contributed by atoms with Crippen LogP contribution in [0, 0.1) is 23.2 Å². The van der Waals surface area contributed by atoms with Gasteiger partial charge < -0.3 is 4.74 Å².